The van der Waals surface area contributed by atoms with Crippen LogP contribution in [-0.4, -0.2) is 22.2 Å². The molecule has 0 aliphatic heterocycles. The van der Waals surface area contributed by atoms with Gasteiger partial charge in [-0.25, -0.2) is 4.79 Å². The Morgan fingerprint density at radius 2 is 2.43 bits per heavy atom. The van der Waals surface area contributed by atoms with E-state index in [1.807, 2.05) is 0 Å². The highest BCUT2D eigenvalue weighted by Gasteiger charge is 2.07. The highest BCUT2D eigenvalue weighted by molar-refractivity contribution is 7.12. The van der Waals surface area contributed by atoms with Gasteiger partial charge < -0.3 is 4.74 Å². The smallest absolute Gasteiger partial charge is 0.338 e. The van der Waals surface area contributed by atoms with Crippen LogP contribution in [0, 0.1) is 0 Å². The van der Waals surface area contributed by atoms with Crippen molar-refractivity contribution >= 4 is 27.7 Å². The summed E-state index contributed by atoms with van der Waals surface area (Å²) >= 11 is 1.27. The molecule has 0 fully saturated rings. The quantitative estimate of drug-likeness (QED) is 0.707. The normalized spacial score (nSPS) is 10.4. The van der Waals surface area contributed by atoms with Crippen LogP contribution in [0.25, 0.3) is 10.2 Å². The first-order chi connectivity index (χ1) is 6.81. The van der Waals surface area contributed by atoms with E-state index < -0.39 is 0 Å². The number of carbonyl (C=O) groups excluding carboxylic acids is 1. The number of rotatable bonds is 2. The molecule has 1 aromatic carbocycles. The van der Waals surface area contributed by atoms with Gasteiger partial charge in [-0.15, -0.1) is 5.10 Å². The first-order valence-corrected chi connectivity index (χ1v) is 4.98. The SMILES string of the molecule is CCOC(=O)c1ccc2nnsc2c1. The topological polar surface area (TPSA) is 52.1 Å². The molecule has 0 aliphatic carbocycles. The van der Waals surface area contributed by atoms with Gasteiger partial charge in [0.05, 0.1) is 16.9 Å². The monoisotopic (exact) mass is 208 g/mol. The van der Waals surface area contributed by atoms with Gasteiger partial charge in [0.2, 0.25) is 0 Å². The Morgan fingerprint density at radius 1 is 1.57 bits per heavy atom. The predicted octanol–water partition coefficient (Wildman–Crippen LogP) is 1.87. The summed E-state index contributed by atoms with van der Waals surface area (Å²) in [6, 6.07) is 5.21. The maximum atomic E-state index is 11.4. The van der Waals surface area contributed by atoms with E-state index in [1.54, 1.807) is 25.1 Å². The van der Waals surface area contributed by atoms with Crippen LogP contribution in [-0.2, 0) is 4.74 Å². The van der Waals surface area contributed by atoms with E-state index in [2.05, 4.69) is 9.59 Å². The van der Waals surface area contributed by atoms with E-state index in [1.165, 1.54) is 11.5 Å². The summed E-state index contributed by atoms with van der Waals surface area (Å²) in [6.45, 7) is 2.17. The minimum Gasteiger partial charge on any atom is -0.462 e. The molecule has 0 saturated heterocycles. The molecule has 0 aliphatic rings. The van der Waals surface area contributed by atoms with Crippen molar-refractivity contribution in [3.05, 3.63) is 23.8 Å². The highest BCUT2D eigenvalue weighted by atomic mass is 32.1. The maximum absolute atomic E-state index is 11.4. The molecule has 4 nitrogen and oxygen atoms in total. The Morgan fingerprint density at radius 3 is 3.21 bits per heavy atom. The van der Waals surface area contributed by atoms with Crippen LogP contribution in [0.1, 0.15) is 17.3 Å². The summed E-state index contributed by atoms with van der Waals surface area (Å²) in [5, 5.41) is 3.88. The van der Waals surface area contributed by atoms with Crippen LogP contribution in [0.15, 0.2) is 18.2 Å². The molecule has 0 atom stereocenters. The predicted molar refractivity (Wildman–Crippen MR) is 53.4 cm³/mol. The molecule has 1 aromatic heterocycles. The number of hydrogen-bond acceptors (Lipinski definition) is 5. The van der Waals surface area contributed by atoms with E-state index in [0.717, 1.165) is 10.2 Å². The molecule has 0 N–H and O–H groups in total. The molecule has 72 valence electrons. The van der Waals surface area contributed by atoms with Gasteiger partial charge in [0.1, 0.15) is 5.52 Å². The van der Waals surface area contributed by atoms with Crippen LogP contribution in [0.5, 0.6) is 0 Å². The second kappa shape index (κ2) is 3.71. The molecule has 2 rings (SSSR count). The molecule has 0 unspecified atom stereocenters. The Kier molecular flexibility index (Phi) is 2.41. The number of aromatic nitrogens is 2. The zero-order chi connectivity index (χ0) is 9.97. The van der Waals surface area contributed by atoms with Gasteiger partial charge in [-0.3, -0.25) is 0 Å². The average molecular weight is 208 g/mol. The second-order valence-electron chi connectivity index (χ2n) is 2.68. The number of fused-ring (bicyclic) bond motifs is 1. The van der Waals surface area contributed by atoms with Crippen molar-refractivity contribution in [2.45, 2.75) is 6.92 Å². The lowest BCUT2D eigenvalue weighted by Gasteiger charge is -2.00. The number of hydrogen-bond donors (Lipinski definition) is 0. The van der Waals surface area contributed by atoms with Gasteiger partial charge in [0.15, 0.2) is 0 Å². The zero-order valence-corrected chi connectivity index (χ0v) is 8.37. The maximum Gasteiger partial charge on any atom is 0.338 e. The molecule has 0 bridgehead atoms. The summed E-state index contributed by atoms with van der Waals surface area (Å²) in [5.41, 5.74) is 1.36. The van der Waals surface area contributed by atoms with E-state index >= 15 is 0 Å². The molecule has 1 heterocycles. The molecule has 5 heteroatoms. The number of esters is 1. The highest BCUT2D eigenvalue weighted by Crippen LogP contribution is 2.17. The molecule has 14 heavy (non-hydrogen) atoms. The van der Waals surface area contributed by atoms with E-state index in [4.69, 9.17) is 4.74 Å². The molecule has 0 spiro atoms. The molecular formula is C9H8N2O2S. The van der Waals surface area contributed by atoms with Crippen molar-refractivity contribution in [2.75, 3.05) is 6.61 Å². The number of ether oxygens (including phenoxy) is 1. The molecule has 0 radical (unpaired) electrons. The Hall–Kier alpha value is -1.49. The van der Waals surface area contributed by atoms with Crippen LogP contribution in [0.2, 0.25) is 0 Å². The van der Waals surface area contributed by atoms with Crippen molar-refractivity contribution < 1.29 is 9.53 Å². The van der Waals surface area contributed by atoms with Crippen molar-refractivity contribution in [1.29, 1.82) is 0 Å². The number of carbonyl (C=O) groups is 1. The second-order valence-corrected chi connectivity index (χ2v) is 3.46. The minimum absolute atomic E-state index is 0.303. The lowest BCUT2D eigenvalue weighted by atomic mass is 10.2. The van der Waals surface area contributed by atoms with Crippen LogP contribution in [0.3, 0.4) is 0 Å². The van der Waals surface area contributed by atoms with Crippen molar-refractivity contribution in [1.82, 2.24) is 9.59 Å². The Balaban J connectivity index is 2.38. The van der Waals surface area contributed by atoms with E-state index in [9.17, 15) is 4.79 Å². The average Bonchev–Trinajstić information content (AvgIpc) is 2.64. The summed E-state index contributed by atoms with van der Waals surface area (Å²) < 4.78 is 9.56. The molecular weight excluding hydrogens is 200 g/mol. The molecule has 0 saturated carbocycles. The lowest BCUT2D eigenvalue weighted by molar-refractivity contribution is 0.0526. The Labute approximate surface area is 84.7 Å². The Bertz CT molecular complexity index is 467. The summed E-state index contributed by atoms with van der Waals surface area (Å²) in [7, 11) is 0. The van der Waals surface area contributed by atoms with Gasteiger partial charge in [0, 0.05) is 0 Å². The van der Waals surface area contributed by atoms with Crippen LogP contribution >= 0.6 is 11.5 Å². The van der Waals surface area contributed by atoms with E-state index in [-0.39, 0.29) is 5.97 Å². The van der Waals surface area contributed by atoms with Crippen LogP contribution < -0.4 is 0 Å². The van der Waals surface area contributed by atoms with Crippen LogP contribution in [0.4, 0.5) is 0 Å². The first-order valence-electron chi connectivity index (χ1n) is 4.20. The standard InChI is InChI=1S/C9H8N2O2S/c1-2-13-9(12)6-3-4-7-8(5-6)14-11-10-7/h3-5H,2H2,1H3. The minimum atomic E-state index is -0.303. The van der Waals surface area contributed by atoms with Gasteiger partial charge in [-0.2, -0.15) is 0 Å². The van der Waals surface area contributed by atoms with Gasteiger partial charge in [0.25, 0.3) is 0 Å². The number of nitrogens with zero attached hydrogens (tertiary/aromatic N) is 2. The summed E-state index contributed by atoms with van der Waals surface area (Å²) in [6.07, 6.45) is 0. The summed E-state index contributed by atoms with van der Waals surface area (Å²) in [4.78, 5) is 11.4. The van der Waals surface area contributed by atoms with E-state index in [0.29, 0.717) is 12.2 Å². The fourth-order valence-electron chi connectivity index (χ4n) is 1.12. The van der Waals surface area contributed by atoms with Crippen molar-refractivity contribution in [3.63, 3.8) is 0 Å². The fraction of sp³-hybridized carbons (Fsp3) is 0.222. The fourth-order valence-corrected chi connectivity index (χ4v) is 1.72. The zero-order valence-electron chi connectivity index (χ0n) is 7.56. The van der Waals surface area contributed by atoms with Gasteiger partial charge >= 0.3 is 5.97 Å². The number of benzene rings is 1. The third kappa shape index (κ3) is 1.58. The lowest BCUT2D eigenvalue weighted by Crippen LogP contribution is -2.03. The van der Waals surface area contributed by atoms with Gasteiger partial charge in [-0.1, -0.05) is 4.49 Å². The molecule has 0 amide bonds. The van der Waals surface area contributed by atoms with Gasteiger partial charge in [-0.05, 0) is 36.7 Å². The van der Waals surface area contributed by atoms with Crippen molar-refractivity contribution in [2.24, 2.45) is 0 Å². The molecule has 2 aromatic rings. The third-order valence-electron chi connectivity index (χ3n) is 1.76. The van der Waals surface area contributed by atoms with Crippen molar-refractivity contribution in [3.8, 4) is 0 Å². The largest absolute Gasteiger partial charge is 0.462 e. The first kappa shape index (κ1) is 9.08. The summed E-state index contributed by atoms with van der Waals surface area (Å²) in [5.74, 6) is -0.303. The third-order valence-corrected chi connectivity index (χ3v) is 2.45.